The standard InChI is InChI=1S/C21H26F2O5/c1-18-6-5-12(25)7-11(18)3-4-13-14-8-15(22)21(28,17(27)10-24)19(14,2)9-16(26)20(13,18)23/h5-7,13-16,24,26,28H,3-4,8-10H2,1-2H3/t13-,14-,15-,16+,18-,19-,20-,21-/m0/s1. The Morgan fingerprint density at radius 1 is 1.32 bits per heavy atom. The third-order valence-electron chi connectivity index (χ3n) is 8.38. The lowest BCUT2D eigenvalue weighted by Crippen LogP contribution is -2.69. The molecule has 7 heteroatoms. The fraction of sp³-hybridized carbons (Fsp3) is 0.714. The topological polar surface area (TPSA) is 94.8 Å². The largest absolute Gasteiger partial charge is 0.390 e. The molecule has 0 amide bonds. The Bertz CT molecular complexity index is 809. The Hall–Kier alpha value is -1.44. The zero-order valence-corrected chi connectivity index (χ0v) is 16.0. The molecule has 4 aliphatic carbocycles. The quantitative estimate of drug-likeness (QED) is 0.659. The van der Waals surface area contributed by atoms with Gasteiger partial charge in [-0.05, 0) is 50.7 Å². The van der Waals surface area contributed by atoms with Crippen molar-refractivity contribution in [3.63, 3.8) is 0 Å². The summed E-state index contributed by atoms with van der Waals surface area (Å²) < 4.78 is 31.7. The number of fused-ring (bicyclic) bond motifs is 5. The Morgan fingerprint density at radius 2 is 2.00 bits per heavy atom. The van der Waals surface area contributed by atoms with E-state index in [1.54, 1.807) is 6.92 Å². The maximum absolute atomic E-state index is 16.7. The average Bonchev–Trinajstić information content (AvgIpc) is 2.84. The molecule has 0 radical (unpaired) electrons. The second kappa shape index (κ2) is 5.80. The van der Waals surface area contributed by atoms with Crippen molar-refractivity contribution in [2.75, 3.05) is 6.61 Å². The third kappa shape index (κ3) is 2.00. The third-order valence-corrected chi connectivity index (χ3v) is 8.38. The molecule has 5 nitrogen and oxygen atoms in total. The van der Waals surface area contributed by atoms with Crippen LogP contribution in [0.5, 0.6) is 0 Å². The Balaban J connectivity index is 1.84. The molecule has 4 aliphatic rings. The van der Waals surface area contributed by atoms with Crippen molar-refractivity contribution < 1.29 is 33.7 Å². The van der Waals surface area contributed by atoms with Gasteiger partial charge in [0, 0.05) is 16.7 Å². The monoisotopic (exact) mass is 396 g/mol. The summed E-state index contributed by atoms with van der Waals surface area (Å²) in [5.41, 5.74) is -6.59. The molecule has 0 spiro atoms. The smallest absolute Gasteiger partial charge is 0.193 e. The van der Waals surface area contributed by atoms with E-state index in [0.717, 1.165) is 0 Å². The molecule has 28 heavy (non-hydrogen) atoms. The van der Waals surface area contributed by atoms with E-state index < -0.39 is 58.6 Å². The van der Waals surface area contributed by atoms with Crippen LogP contribution in [0.2, 0.25) is 0 Å². The van der Waals surface area contributed by atoms with Crippen LogP contribution in [-0.4, -0.2) is 57.0 Å². The molecule has 0 aromatic rings. The summed E-state index contributed by atoms with van der Waals surface area (Å²) in [4.78, 5) is 24.1. The van der Waals surface area contributed by atoms with Gasteiger partial charge in [-0.2, -0.15) is 0 Å². The van der Waals surface area contributed by atoms with Crippen molar-refractivity contribution in [3.8, 4) is 0 Å². The lowest BCUT2D eigenvalue weighted by Gasteiger charge is -2.62. The van der Waals surface area contributed by atoms with Crippen molar-refractivity contribution in [1.29, 1.82) is 0 Å². The van der Waals surface area contributed by atoms with Crippen LogP contribution >= 0.6 is 0 Å². The molecule has 3 fully saturated rings. The Labute approximate surface area is 162 Å². The Morgan fingerprint density at radius 3 is 2.64 bits per heavy atom. The minimum Gasteiger partial charge on any atom is -0.390 e. The molecule has 0 aliphatic heterocycles. The number of carbonyl (C=O) groups excluding carboxylic acids is 2. The first-order chi connectivity index (χ1) is 13.0. The number of halogens is 2. The van der Waals surface area contributed by atoms with Crippen LogP contribution in [0, 0.1) is 22.7 Å². The highest BCUT2D eigenvalue weighted by atomic mass is 19.1. The van der Waals surface area contributed by atoms with Gasteiger partial charge in [0.05, 0.1) is 6.10 Å². The van der Waals surface area contributed by atoms with Gasteiger partial charge in [-0.25, -0.2) is 8.78 Å². The van der Waals surface area contributed by atoms with E-state index in [1.807, 2.05) is 0 Å². The first-order valence-corrected chi connectivity index (χ1v) is 9.78. The van der Waals surface area contributed by atoms with Crippen LogP contribution in [0.1, 0.15) is 39.5 Å². The minimum absolute atomic E-state index is 0.209. The molecule has 0 saturated heterocycles. The summed E-state index contributed by atoms with van der Waals surface area (Å²) in [5.74, 6) is -2.73. The maximum atomic E-state index is 16.7. The molecule has 0 aromatic carbocycles. The van der Waals surface area contributed by atoms with Gasteiger partial charge in [-0.3, -0.25) is 9.59 Å². The summed E-state index contributed by atoms with van der Waals surface area (Å²) in [6.07, 6.45) is 0.895. The number of carbonyl (C=O) groups is 2. The van der Waals surface area contributed by atoms with Crippen LogP contribution in [0.15, 0.2) is 23.8 Å². The van der Waals surface area contributed by atoms with Crippen LogP contribution in [-0.2, 0) is 9.59 Å². The van der Waals surface area contributed by atoms with Gasteiger partial charge >= 0.3 is 0 Å². The van der Waals surface area contributed by atoms with Crippen molar-refractivity contribution in [2.45, 2.75) is 63.1 Å². The molecule has 0 unspecified atom stereocenters. The molecule has 0 heterocycles. The molecule has 3 saturated carbocycles. The zero-order chi connectivity index (χ0) is 20.7. The highest BCUT2D eigenvalue weighted by Gasteiger charge is 2.76. The summed E-state index contributed by atoms with van der Waals surface area (Å²) >= 11 is 0. The van der Waals surface area contributed by atoms with E-state index in [1.165, 1.54) is 25.2 Å². The van der Waals surface area contributed by atoms with Crippen LogP contribution in [0.25, 0.3) is 0 Å². The molecular formula is C21H26F2O5. The number of rotatable bonds is 2. The van der Waals surface area contributed by atoms with E-state index in [9.17, 15) is 29.3 Å². The summed E-state index contributed by atoms with van der Waals surface area (Å²) in [7, 11) is 0. The number of Topliss-reactive ketones (excluding diaryl/α,β-unsaturated/α-hetero) is 1. The predicted molar refractivity (Wildman–Crippen MR) is 95.7 cm³/mol. The van der Waals surface area contributed by atoms with E-state index in [4.69, 9.17) is 0 Å². The molecule has 0 bridgehead atoms. The van der Waals surface area contributed by atoms with E-state index in [-0.39, 0.29) is 25.0 Å². The van der Waals surface area contributed by atoms with Crippen LogP contribution in [0.4, 0.5) is 8.78 Å². The van der Waals surface area contributed by atoms with E-state index in [0.29, 0.717) is 12.0 Å². The van der Waals surface area contributed by atoms with Gasteiger partial charge in [0.25, 0.3) is 0 Å². The summed E-state index contributed by atoms with van der Waals surface area (Å²) in [5, 5.41) is 31.3. The molecule has 3 N–H and O–H groups in total. The second-order valence-electron chi connectivity index (χ2n) is 9.32. The number of allylic oxidation sites excluding steroid dienone is 4. The molecule has 0 aromatic heterocycles. The lowest BCUT2D eigenvalue weighted by molar-refractivity contribution is -0.220. The highest BCUT2D eigenvalue weighted by molar-refractivity contribution is 6.01. The van der Waals surface area contributed by atoms with Gasteiger partial charge in [-0.1, -0.05) is 18.6 Å². The number of aliphatic hydroxyl groups excluding tert-OH is 2. The predicted octanol–water partition coefficient (Wildman–Crippen LogP) is 1.60. The van der Waals surface area contributed by atoms with Crippen molar-refractivity contribution >= 4 is 11.6 Å². The number of alkyl halides is 2. The lowest BCUT2D eigenvalue weighted by atomic mass is 9.44. The Kier molecular flexibility index (Phi) is 4.11. The fourth-order valence-electron chi connectivity index (χ4n) is 6.80. The molecule has 154 valence electrons. The SMILES string of the molecule is C[C@]12C=CC(=O)C=C1CC[C@H]1[C@@H]3C[C@H](F)[C@](O)(C(=O)CO)[C@@]3(C)C[C@@H](O)[C@@]12F. The second-order valence-corrected chi connectivity index (χ2v) is 9.32. The number of hydrogen-bond acceptors (Lipinski definition) is 5. The summed E-state index contributed by atoms with van der Waals surface area (Å²) in [6, 6.07) is 0. The first kappa shape index (κ1) is 19.9. The highest BCUT2D eigenvalue weighted by Crippen LogP contribution is 2.70. The maximum Gasteiger partial charge on any atom is 0.193 e. The van der Waals surface area contributed by atoms with Gasteiger partial charge in [-0.15, -0.1) is 0 Å². The number of ketones is 2. The minimum atomic E-state index is -2.45. The zero-order valence-electron chi connectivity index (χ0n) is 16.0. The first-order valence-electron chi connectivity index (χ1n) is 9.78. The van der Waals surface area contributed by atoms with Gasteiger partial charge in [0.2, 0.25) is 0 Å². The molecule has 4 rings (SSSR count). The molecular weight excluding hydrogens is 370 g/mol. The van der Waals surface area contributed by atoms with Gasteiger partial charge < -0.3 is 15.3 Å². The van der Waals surface area contributed by atoms with Crippen molar-refractivity contribution in [1.82, 2.24) is 0 Å². The van der Waals surface area contributed by atoms with Crippen LogP contribution in [0.3, 0.4) is 0 Å². The fourth-order valence-corrected chi connectivity index (χ4v) is 6.80. The summed E-state index contributed by atoms with van der Waals surface area (Å²) in [6.45, 7) is 2.14. The van der Waals surface area contributed by atoms with Crippen molar-refractivity contribution in [3.05, 3.63) is 23.8 Å². The van der Waals surface area contributed by atoms with Crippen LogP contribution < -0.4 is 0 Å². The van der Waals surface area contributed by atoms with E-state index in [2.05, 4.69) is 0 Å². The van der Waals surface area contributed by atoms with Gasteiger partial charge in [0.1, 0.15) is 12.8 Å². The van der Waals surface area contributed by atoms with Gasteiger partial charge in [0.15, 0.2) is 22.8 Å². The van der Waals surface area contributed by atoms with E-state index >= 15 is 4.39 Å². The molecule has 8 atom stereocenters. The number of hydrogen-bond donors (Lipinski definition) is 3. The van der Waals surface area contributed by atoms with Crippen molar-refractivity contribution in [2.24, 2.45) is 22.7 Å². The normalized spacial score (nSPS) is 52.5. The number of aliphatic hydroxyl groups is 3. The average molecular weight is 396 g/mol.